The molecule has 2 aromatic heterocycles. The number of aliphatic carboxylic acids is 1. The quantitative estimate of drug-likeness (QED) is 0.431. The summed E-state index contributed by atoms with van der Waals surface area (Å²) >= 11 is 0. The van der Waals surface area contributed by atoms with Crippen LogP contribution in [0.15, 0.2) is 79.4 Å². The number of ether oxygens (including phenoxy) is 1. The molecule has 0 radical (unpaired) electrons. The molecule has 2 atom stereocenters. The molecule has 7 nitrogen and oxygen atoms in total. The number of carboxylic acids is 1. The minimum Gasteiger partial charge on any atom is -0.482 e. The zero-order valence-electron chi connectivity index (χ0n) is 18.7. The molecule has 5 rings (SSSR count). The monoisotopic (exact) mass is 454 g/mol. The predicted octanol–water partition coefficient (Wildman–Crippen LogP) is 4.12. The number of fused-ring (bicyclic) bond motifs is 1. The second-order valence-electron chi connectivity index (χ2n) is 8.70. The van der Waals surface area contributed by atoms with Crippen LogP contribution < -0.4 is 4.74 Å². The SMILES string of the molecule is O=C(O)COc1cccc2c1CCC(Cn1cc(C(c3ccccc3)c3ccnnc3)cn1)C2. The fourth-order valence-electron chi connectivity index (χ4n) is 4.87. The van der Waals surface area contributed by atoms with E-state index in [4.69, 9.17) is 14.9 Å². The van der Waals surface area contributed by atoms with Crippen LogP contribution in [0.4, 0.5) is 0 Å². The lowest BCUT2D eigenvalue weighted by Gasteiger charge is -2.26. The maximum atomic E-state index is 10.9. The van der Waals surface area contributed by atoms with Crippen molar-refractivity contribution in [2.45, 2.75) is 31.7 Å². The van der Waals surface area contributed by atoms with Crippen molar-refractivity contribution in [2.24, 2.45) is 5.92 Å². The van der Waals surface area contributed by atoms with Gasteiger partial charge in [-0.15, -0.1) is 0 Å². The van der Waals surface area contributed by atoms with E-state index in [-0.39, 0.29) is 12.5 Å². The first-order valence-electron chi connectivity index (χ1n) is 11.5. The molecule has 0 bridgehead atoms. The van der Waals surface area contributed by atoms with E-state index in [0.717, 1.165) is 42.5 Å². The van der Waals surface area contributed by atoms with Crippen LogP contribution in [0.25, 0.3) is 0 Å². The summed E-state index contributed by atoms with van der Waals surface area (Å²) in [6.07, 6.45) is 10.4. The normalized spacial score (nSPS) is 15.9. The molecule has 0 fully saturated rings. The van der Waals surface area contributed by atoms with Gasteiger partial charge in [-0.2, -0.15) is 15.3 Å². The zero-order chi connectivity index (χ0) is 23.3. The number of hydrogen-bond acceptors (Lipinski definition) is 5. The van der Waals surface area contributed by atoms with Gasteiger partial charge in [-0.1, -0.05) is 42.5 Å². The van der Waals surface area contributed by atoms with Gasteiger partial charge in [-0.05, 0) is 59.6 Å². The number of nitrogens with zero attached hydrogens (tertiary/aromatic N) is 4. The fraction of sp³-hybridized carbons (Fsp3) is 0.259. The minimum atomic E-state index is -0.961. The summed E-state index contributed by atoms with van der Waals surface area (Å²) in [4.78, 5) is 10.9. The number of hydrogen-bond donors (Lipinski definition) is 1. The van der Waals surface area contributed by atoms with Gasteiger partial charge in [0.2, 0.25) is 0 Å². The van der Waals surface area contributed by atoms with Gasteiger partial charge in [-0.3, -0.25) is 4.68 Å². The highest BCUT2D eigenvalue weighted by Crippen LogP contribution is 2.34. The van der Waals surface area contributed by atoms with Gasteiger partial charge in [0.25, 0.3) is 0 Å². The number of aromatic nitrogens is 4. The lowest BCUT2D eigenvalue weighted by Crippen LogP contribution is -2.21. The van der Waals surface area contributed by atoms with Gasteiger partial charge < -0.3 is 9.84 Å². The van der Waals surface area contributed by atoms with Crippen molar-refractivity contribution in [1.29, 1.82) is 0 Å². The second kappa shape index (κ2) is 9.87. The molecule has 2 unspecified atom stereocenters. The van der Waals surface area contributed by atoms with E-state index in [9.17, 15) is 4.79 Å². The summed E-state index contributed by atoms with van der Waals surface area (Å²) in [6.45, 7) is 0.515. The van der Waals surface area contributed by atoms with Crippen molar-refractivity contribution in [3.8, 4) is 5.75 Å². The molecule has 4 aromatic rings. The summed E-state index contributed by atoms with van der Waals surface area (Å²) in [7, 11) is 0. The van der Waals surface area contributed by atoms with Crippen molar-refractivity contribution in [2.75, 3.05) is 6.61 Å². The van der Waals surface area contributed by atoms with Crippen LogP contribution in [-0.4, -0.2) is 37.7 Å². The highest BCUT2D eigenvalue weighted by atomic mass is 16.5. The fourth-order valence-corrected chi connectivity index (χ4v) is 4.87. The third-order valence-electron chi connectivity index (χ3n) is 6.40. The molecule has 0 aliphatic heterocycles. The molecule has 0 saturated carbocycles. The van der Waals surface area contributed by atoms with E-state index < -0.39 is 5.97 Å². The summed E-state index contributed by atoms with van der Waals surface area (Å²) in [5.41, 5.74) is 5.77. The largest absolute Gasteiger partial charge is 0.482 e. The van der Waals surface area contributed by atoms with Crippen molar-refractivity contribution >= 4 is 5.97 Å². The van der Waals surface area contributed by atoms with Crippen molar-refractivity contribution in [1.82, 2.24) is 20.0 Å². The first kappa shape index (κ1) is 21.8. The number of benzene rings is 2. The van der Waals surface area contributed by atoms with E-state index in [1.54, 1.807) is 6.20 Å². The Morgan fingerprint density at radius 2 is 1.91 bits per heavy atom. The predicted molar refractivity (Wildman–Crippen MR) is 127 cm³/mol. The van der Waals surface area contributed by atoms with Crippen LogP contribution in [0.2, 0.25) is 0 Å². The third-order valence-corrected chi connectivity index (χ3v) is 6.40. The molecule has 7 heteroatoms. The molecule has 172 valence electrons. The van der Waals surface area contributed by atoms with E-state index >= 15 is 0 Å². The lowest BCUT2D eigenvalue weighted by molar-refractivity contribution is -0.139. The maximum Gasteiger partial charge on any atom is 0.341 e. The summed E-state index contributed by atoms with van der Waals surface area (Å²) in [5, 5.41) is 21.6. The molecule has 1 aliphatic carbocycles. The molecule has 0 spiro atoms. The molecular formula is C27H26N4O3. The molecule has 2 aromatic carbocycles. The van der Waals surface area contributed by atoms with Crippen LogP contribution >= 0.6 is 0 Å². The van der Waals surface area contributed by atoms with Gasteiger partial charge >= 0.3 is 5.97 Å². The van der Waals surface area contributed by atoms with E-state index in [1.165, 1.54) is 11.1 Å². The summed E-state index contributed by atoms with van der Waals surface area (Å²) in [6, 6.07) is 18.3. The minimum absolute atomic E-state index is 0.0477. The summed E-state index contributed by atoms with van der Waals surface area (Å²) in [5.74, 6) is 0.229. The molecule has 1 N–H and O–H groups in total. The Hall–Kier alpha value is -4.00. The van der Waals surface area contributed by atoms with Crippen LogP contribution in [0.5, 0.6) is 5.75 Å². The Balaban J connectivity index is 1.33. The average molecular weight is 455 g/mol. The van der Waals surface area contributed by atoms with Crippen molar-refractivity contribution in [3.05, 3.63) is 107 Å². The second-order valence-corrected chi connectivity index (χ2v) is 8.70. The van der Waals surface area contributed by atoms with Gasteiger partial charge in [0.1, 0.15) is 5.75 Å². The standard InChI is InChI=1S/C27H26N4O3/c32-26(33)18-34-25-8-4-7-21-13-19(9-10-24(21)25)16-31-17-23(15-30-31)27(20-5-2-1-3-6-20)22-11-12-28-29-14-22/h1-8,11-12,14-15,17,19,27H,9-10,13,16,18H2,(H,32,33). The molecule has 34 heavy (non-hydrogen) atoms. The highest BCUT2D eigenvalue weighted by Gasteiger charge is 2.24. The van der Waals surface area contributed by atoms with Gasteiger partial charge in [0, 0.05) is 30.4 Å². The Kier molecular flexibility index (Phi) is 6.33. The Morgan fingerprint density at radius 3 is 2.71 bits per heavy atom. The third kappa shape index (κ3) is 4.83. The Bertz CT molecular complexity index is 1220. The van der Waals surface area contributed by atoms with Crippen molar-refractivity contribution in [3.63, 3.8) is 0 Å². The molecule has 0 amide bonds. The smallest absolute Gasteiger partial charge is 0.341 e. The average Bonchev–Trinajstić information content (AvgIpc) is 3.31. The first-order chi connectivity index (χ1) is 16.7. The zero-order valence-corrected chi connectivity index (χ0v) is 18.7. The molecular weight excluding hydrogens is 428 g/mol. The number of carbonyl (C=O) groups is 1. The highest BCUT2D eigenvalue weighted by molar-refractivity contribution is 5.68. The number of carboxylic acid groups (broad SMARTS) is 1. The Morgan fingerprint density at radius 1 is 1.03 bits per heavy atom. The van der Waals surface area contributed by atoms with E-state index in [2.05, 4.69) is 46.7 Å². The topological polar surface area (TPSA) is 90.1 Å². The maximum absolute atomic E-state index is 10.9. The molecule has 1 aliphatic rings. The van der Waals surface area contributed by atoms with Gasteiger partial charge in [0.05, 0.1) is 12.4 Å². The van der Waals surface area contributed by atoms with Gasteiger partial charge in [0.15, 0.2) is 6.61 Å². The van der Waals surface area contributed by atoms with Crippen LogP contribution in [0, 0.1) is 5.92 Å². The molecule has 2 heterocycles. The van der Waals surface area contributed by atoms with Crippen molar-refractivity contribution < 1.29 is 14.6 Å². The van der Waals surface area contributed by atoms with Crippen LogP contribution in [0.3, 0.4) is 0 Å². The van der Waals surface area contributed by atoms with Crippen LogP contribution in [0.1, 0.15) is 40.2 Å². The van der Waals surface area contributed by atoms with Crippen LogP contribution in [-0.2, 0) is 24.2 Å². The number of rotatable bonds is 8. The van der Waals surface area contributed by atoms with E-state index in [0.29, 0.717) is 11.7 Å². The summed E-state index contributed by atoms with van der Waals surface area (Å²) < 4.78 is 7.55. The lowest BCUT2D eigenvalue weighted by atomic mass is 9.83. The first-order valence-corrected chi connectivity index (χ1v) is 11.5. The van der Waals surface area contributed by atoms with Gasteiger partial charge in [-0.25, -0.2) is 4.79 Å². The molecule has 0 saturated heterocycles. The van der Waals surface area contributed by atoms with E-state index in [1.807, 2.05) is 41.3 Å². The Labute approximate surface area is 198 Å².